The maximum Gasteiger partial charge on any atom is 0.123 e. The zero-order valence-corrected chi connectivity index (χ0v) is 9.74. The summed E-state index contributed by atoms with van der Waals surface area (Å²) in [5.74, 6) is 1.62. The lowest BCUT2D eigenvalue weighted by molar-refractivity contribution is 0.306. The van der Waals surface area contributed by atoms with Crippen LogP contribution in [0.5, 0.6) is 5.75 Å². The molecular formula is C13H13NOS. The first-order valence-corrected chi connectivity index (χ1v) is 6.46. The van der Waals surface area contributed by atoms with Crippen molar-refractivity contribution in [2.24, 2.45) is 0 Å². The van der Waals surface area contributed by atoms with Crippen LogP contribution in [0.15, 0.2) is 35.2 Å². The summed E-state index contributed by atoms with van der Waals surface area (Å²) in [4.78, 5) is 4.37. The molecule has 0 aromatic carbocycles. The van der Waals surface area contributed by atoms with Gasteiger partial charge in [-0.15, -0.1) is 0 Å². The minimum absolute atomic E-state index is 0.650. The molecule has 82 valence electrons. The Bertz CT molecular complexity index is 463. The van der Waals surface area contributed by atoms with Crippen LogP contribution >= 0.6 is 11.3 Å². The summed E-state index contributed by atoms with van der Waals surface area (Å²) in [6.07, 6.45) is 4.40. The van der Waals surface area contributed by atoms with Crippen molar-refractivity contribution < 1.29 is 4.74 Å². The van der Waals surface area contributed by atoms with Gasteiger partial charge in [-0.3, -0.25) is 4.98 Å². The number of hydrogen-bond donors (Lipinski definition) is 0. The maximum atomic E-state index is 5.74. The molecule has 0 amide bonds. The predicted octanol–water partition coefficient (Wildman–Crippen LogP) is 3.60. The molecule has 0 radical (unpaired) electrons. The first-order chi connectivity index (χ1) is 7.92. The summed E-state index contributed by atoms with van der Waals surface area (Å²) in [5, 5.41) is 4.18. The second kappa shape index (κ2) is 4.26. The molecule has 0 saturated heterocycles. The minimum atomic E-state index is 0.650. The number of hydrogen-bond acceptors (Lipinski definition) is 3. The fourth-order valence-electron chi connectivity index (χ4n) is 1.66. The molecule has 0 bridgehead atoms. The van der Waals surface area contributed by atoms with E-state index in [0.717, 1.165) is 5.75 Å². The average Bonchev–Trinajstić information content (AvgIpc) is 3.05. The fraction of sp³-hybridized carbons (Fsp3) is 0.308. The minimum Gasteiger partial charge on any atom is -0.489 e. The Labute approximate surface area is 98.9 Å². The van der Waals surface area contributed by atoms with Crippen LogP contribution in [0.3, 0.4) is 0 Å². The van der Waals surface area contributed by atoms with Crippen LogP contribution in [0.25, 0.3) is 0 Å². The Hall–Kier alpha value is -1.35. The molecule has 1 aliphatic carbocycles. The van der Waals surface area contributed by atoms with Crippen LogP contribution in [0.2, 0.25) is 0 Å². The third kappa shape index (κ3) is 2.25. The maximum absolute atomic E-state index is 5.74. The van der Waals surface area contributed by atoms with Crippen LogP contribution in [-0.4, -0.2) is 4.98 Å². The molecule has 0 N–H and O–H groups in total. The highest BCUT2D eigenvalue weighted by Gasteiger charge is 2.25. The van der Waals surface area contributed by atoms with E-state index in [1.54, 1.807) is 11.3 Å². The van der Waals surface area contributed by atoms with E-state index in [-0.39, 0.29) is 0 Å². The molecule has 0 unspecified atom stereocenters. The van der Waals surface area contributed by atoms with Gasteiger partial charge < -0.3 is 4.74 Å². The second-order valence-corrected chi connectivity index (χ2v) is 4.89. The van der Waals surface area contributed by atoms with Gasteiger partial charge in [-0.2, -0.15) is 11.3 Å². The van der Waals surface area contributed by atoms with Gasteiger partial charge in [0.1, 0.15) is 12.4 Å². The van der Waals surface area contributed by atoms with E-state index in [9.17, 15) is 0 Å². The number of nitrogens with zero attached hydrogens (tertiary/aromatic N) is 1. The zero-order chi connectivity index (χ0) is 10.8. The van der Waals surface area contributed by atoms with Gasteiger partial charge in [0.2, 0.25) is 0 Å². The molecular weight excluding hydrogens is 218 g/mol. The lowest BCUT2D eigenvalue weighted by Gasteiger charge is -2.05. The van der Waals surface area contributed by atoms with E-state index in [1.807, 2.05) is 12.3 Å². The van der Waals surface area contributed by atoms with E-state index < -0.39 is 0 Å². The number of ether oxygens (including phenoxy) is 1. The summed E-state index contributed by atoms with van der Waals surface area (Å²) in [5.41, 5.74) is 2.41. The highest BCUT2D eigenvalue weighted by atomic mass is 32.1. The van der Waals surface area contributed by atoms with E-state index >= 15 is 0 Å². The molecule has 2 aromatic heterocycles. The van der Waals surface area contributed by atoms with Crippen molar-refractivity contribution in [1.29, 1.82) is 0 Å². The van der Waals surface area contributed by atoms with Crippen molar-refractivity contribution in [3.63, 3.8) is 0 Å². The number of thiophene rings is 1. The van der Waals surface area contributed by atoms with E-state index in [0.29, 0.717) is 12.5 Å². The summed E-state index contributed by atoms with van der Waals surface area (Å²) < 4.78 is 5.74. The normalized spacial score (nSPS) is 15.0. The average molecular weight is 231 g/mol. The van der Waals surface area contributed by atoms with E-state index in [4.69, 9.17) is 4.74 Å². The summed E-state index contributed by atoms with van der Waals surface area (Å²) in [6, 6.07) is 6.09. The molecule has 2 aromatic rings. The lowest BCUT2D eigenvalue weighted by Crippen LogP contribution is -1.95. The van der Waals surface area contributed by atoms with Gasteiger partial charge in [0.15, 0.2) is 0 Å². The van der Waals surface area contributed by atoms with Crippen molar-refractivity contribution in [2.75, 3.05) is 0 Å². The molecule has 2 heterocycles. The van der Waals surface area contributed by atoms with Crippen molar-refractivity contribution in [3.8, 4) is 5.75 Å². The number of pyridine rings is 1. The summed E-state index contributed by atoms with van der Waals surface area (Å²) >= 11 is 1.70. The van der Waals surface area contributed by atoms with Crippen molar-refractivity contribution in [2.45, 2.75) is 25.4 Å². The largest absolute Gasteiger partial charge is 0.489 e. The topological polar surface area (TPSA) is 22.1 Å². The smallest absolute Gasteiger partial charge is 0.123 e. The van der Waals surface area contributed by atoms with Crippen molar-refractivity contribution in [3.05, 3.63) is 46.4 Å². The molecule has 16 heavy (non-hydrogen) atoms. The zero-order valence-electron chi connectivity index (χ0n) is 8.93. The molecule has 1 saturated carbocycles. The van der Waals surface area contributed by atoms with Gasteiger partial charge >= 0.3 is 0 Å². The first kappa shape index (κ1) is 9.85. The summed E-state index contributed by atoms with van der Waals surface area (Å²) in [6.45, 7) is 0.650. The Morgan fingerprint density at radius 3 is 3.06 bits per heavy atom. The third-order valence-corrected chi connectivity index (χ3v) is 3.47. The van der Waals surface area contributed by atoms with Gasteiger partial charge in [0.05, 0.1) is 0 Å². The molecule has 0 spiro atoms. The molecule has 3 heteroatoms. The van der Waals surface area contributed by atoms with Gasteiger partial charge in [-0.1, -0.05) is 0 Å². The molecule has 0 aliphatic heterocycles. The molecule has 1 fully saturated rings. The first-order valence-electron chi connectivity index (χ1n) is 5.51. The Morgan fingerprint density at radius 2 is 2.31 bits per heavy atom. The van der Waals surface area contributed by atoms with Crippen LogP contribution < -0.4 is 4.74 Å². The van der Waals surface area contributed by atoms with Gasteiger partial charge in [0, 0.05) is 23.9 Å². The molecule has 0 atom stereocenters. The van der Waals surface area contributed by atoms with E-state index in [2.05, 4.69) is 27.9 Å². The van der Waals surface area contributed by atoms with E-state index in [1.165, 1.54) is 24.1 Å². The van der Waals surface area contributed by atoms with Crippen molar-refractivity contribution >= 4 is 11.3 Å². The Kier molecular flexibility index (Phi) is 2.62. The fourth-order valence-corrected chi connectivity index (χ4v) is 2.31. The standard InChI is InChI=1S/C13H13NOS/c1-2-11(1)13-7-12(3-5-14-13)15-8-10-4-6-16-9-10/h3-7,9,11H,1-2,8H2. The highest BCUT2D eigenvalue weighted by Crippen LogP contribution is 2.39. The predicted molar refractivity (Wildman–Crippen MR) is 64.9 cm³/mol. The highest BCUT2D eigenvalue weighted by molar-refractivity contribution is 7.07. The third-order valence-electron chi connectivity index (χ3n) is 2.73. The SMILES string of the molecule is c1cc(OCc2ccsc2)cc(C2CC2)n1. The second-order valence-electron chi connectivity index (χ2n) is 4.11. The molecule has 1 aliphatic rings. The Morgan fingerprint density at radius 1 is 1.38 bits per heavy atom. The Balaban J connectivity index is 1.67. The molecule has 3 rings (SSSR count). The van der Waals surface area contributed by atoms with Crippen LogP contribution in [0, 0.1) is 0 Å². The van der Waals surface area contributed by atoms with Gasteiger partial charge in [0.25, 0.3) is 0 Å². The quantitative estimate of drug-likeness (QED) is 0.802. The lowest BCUT2D eigenvalue weighted by atomic mass is 10.2. The number of rotatable bonds is 4. The monoisotopic (exact) mass is 231 g/mol. The van der Waals surface area contributed by atoms with Crippen LogP contribution in [0.1, 0.15) is 30.0 Å². The van der Waals surface area contributed by atoms with Crippen molar-refractivity contribution in [1.82, 2.24) is 4.98 Å². The van der Waals surface area contributed by atoms with Gasteiger partial charge in [-0.25, -0.2) is 0 Å². The van der Waals surface area contributed by atoms with Crippen LogP contribution in [-0.2, 0) is 6.61 Å². The summed E-state index contributed by atoms with van der Waals surface area (Å²) in [7, 11) is 0. The number of aromatic nitrogens is 1. The molecule has 2 nitrogen and oxygen atoms in total. The van der Waals surface area contributed by atoms with Gasteiger partial charge in [-0.05, 0) is 41.3 Å². The van der Waals surface area contributed by atoms with Crippen LogP contribution in [0.4, 0.5) is 0 Å².